The summed E-state index contributed by atoms with van der Waals surface area (Å²) in [4.78, 5) is 11.6. The average molecular weight is 494 g/mol. The molecule has 0 saturated carbocycles. The van der Waals surface area contributed by atoms with Crippen LogP contribution in [0.2, 0.25) is 15.1 Å². The Morgan fingerprint density at radius 1 is 0.938 bits per heavy atom. The van der Waals surface area contributed by atoms with Crippen molar-refractivity contribution in [1.29, 1.82) is 0 Å². The normalized spacial score (nSPS) is 11.2. The van der Waals surface area contributed by atoms with Crippen LogP contribution in [0.4, 0.5) is 0 Å². The molecule has 0 unspecified atom stereocenters. The fourth-order valence-electron chi connectivity index (χ4n) is 2.91. The predicted octanol–water partition coefficient (Wildman–Crippen LogP) is 6.88. The van der Waals surface area contributed by atoms with E-state index < -0.39 is 5.97 Å². The molecule has 1 N–H and O–H groups in total. The zero-order valence-electron chi connectivity index (χ0n) is 17.0. The van der Waals surface area contributed by atoms with E-state index in [1.54, 1.807) is 48.5 Å². The summed E-state index contributed by atoms with van der Waals surface area (Å²) in [6.45, 7) is 0.371. The van der Waals surface area contributed by atoms with Crippen molar-refractivity contribution in [3.8, 4) is 11.5 Å². The molecule has 5 nitrogen and oxygen atoms in total. The molecule has 0 aliphatic carbocycles. The number of ether oxygens (including phenoxy) is 3. The highest BCUT2D eigenvalue weighted by molar-refractivity contribution is 6.37. The fraction of sp³-hybridized carbons (Fsp3) is 0.125. The predicted molar refractivity (Wildman–Crippen MR) is 126 cm³/mol. The van der Waals surface area contributed by atoms with Crippen LogP contribution in [0.15, 0.2) is 66.9 Å². The first-order valence-electron chi connectivity index (χ1n) is 9.42. The highest BCUT2D eigenvalue weighted by atomic mass is 35.5. The number of halogens is 3. The van der Waals surface area contributed by atoms with Crippen LogP contribution < -0.4 is 9.47 Å². The molecule has 0 radical (unpaired) electrons. The van der Waals surface area contributed by atoms with Gasteiger partial charge in [0.05, 0.1) is 23.4 Å². The minimum absolute atomic E-state index is 0.0220. The topological polar surface area (TPSA) is 65.0 Å². The second-order valence-electron chi connectivity index (χ2n) is 6.65. The molecule has 8 heteroatoms. The summed E-state index contributed by atoms with van der Waals surface area (Å²) in [7, 11) is 1.39. The van der Waals surface area contributed by atoms with Gasteiger partial charge in [-0.3, -0.25) is 0 Å². The highest BCUT2D eigenvalue weighted by Crippen LogP contribution is 2.38. The van der Waals surface area contributed by atoms with Crippen molar-refractivity contribution in [2.75, 3.05) is 7.11 Å². The Bertz CT molecular complexity index is 1100. The lowest BCUT2D eigenvalue weighted by atomic mass is 10.0. The largest absolute Gasteiger partial charge is 0.503 e. The van der Waals surface area contributed by atoms with E-state index in [-0.39, 0.29) is 18.8 Å². The molecular weight excluding hydrogens is 475 g/mol. The van der Waals surface area contributed by atoms with E-state index >= 15 is 0 Å². The van der Waals surface area contributed by atoms with Crippen LogP contribution >= 0.6 is 34.8 Å². The Kier molecular flexibility index (Phi) is 8.28. The van der Waals surface area contributed by atoms with Gasteiger partial charge in [-0.25, -0.2) is 4.79 Å². The molecule has 0 fully saturated rings. The Balaban J connectivity index is 1.74. The minimum atomic E-state index is -1.10. The molecular formula is C24H19Cl3O5. The summed E-state index contributed by atoms with van der Waals surface area (Å²) >= 11 is 18.6. The van der Waals surface area contributed by atoms with E-state index in [0.717, 1.165) is 5.56 Å². The molecule has 3 rings (SSSR count). The first-order valence-corrected chi connectivity index (χ1v) is 10.6. The monoisotopic (exact) mass is 492 g/mol. The first kappa shape index (κ1) is 23.8. The third-order valence-corrected chi connectivity index (χ3v) is 5.25. The number of carbonyl (C=O) groups is 1. The van der Waals surface area contributed by atoms with Crippen molar-refractivity contribution in [2.24, 2.45) is 0 Å². The summed E-state index contributed by atoms with van der Waals surface area (Å²) in [5.74, 6) is -0.346. The van der Waals surface area contributed by atoms with E-state index in [1.165, 1.54) is 13.4 Å². The van der Waals surface area contributed by atoms with Gasteiger partial charge in [-0.05, 0) is 28.8 Å². The standard InChI is InChI=1S/C24H19Cl3O5/c1-30-14-20(24(28)29)19-5-3-2-4-16(19)13-31-18-10-21(26)23(22(27)11-18)32-12-15-6-8-17(25)9-7-15/h2-11,14H,12-13H2,1H3,(H,28,29)/b20-14+. The van der Waals surface area contributed by atoms with Gasteiger partial charge in [0.15, 0.2) is 5.75 Å². The summed E-state index contributed by atoms with van der Waals surface area (Å²) in [5, 5.41) is 10.7. The lowest BCUT2D eigenvalue weighted by molar-refractivity contribution is -0.130. The van der Waals surface area contributed by atoms with E-state index in [2.05, 4.69) is 0 Å². The van der Waals surface area contributed by atoms with Crippen LogP contribution in [0.25, 0.3) is 5.57 Å². The summed E-state index contributed by atoms with van der Waals surface area (Å²) < 4.78 is 16.5. The highest BCUT2D eigenvalue weighted by Gasteiger charge is 2.16. The van der Waals surface area contributed by atoms with E-state index in [0.29, 0.717) is 37.7 Å². The maximum absolute atomic E-state index is 11.6. The SMILES string of the molecule is CO/C=C(/C(=O)O)c1ccccc1COc1cc(Cl)c(OCc2ccc(Cl)cc2)c(Cl)c1. The summed E-state index contributed by atoms with van der Waals surface area (Å²) in [6.07, 6.45) is 1.18. The maximum Gasteiger partial charge on any atom is 0.339 e. The summed E-state index contributed by atoms with van der Waals surface area (Å²) in [6, 6.07) is 17.4. The molecule has 0 aliphatic heterocycles. The van der Waals surface area contributed by atoms with Gasteiger partial charge in [0, 0.05) is 17.2 Å². The molecule has 0 atom stereocenters. The van der Waals surface area contributed by atoms with Crippen LogP contribution in [0, 0.1) is 0 Å². The van der Waals surface area contributed by atoms with Crippen molar-refractivity contribution < 1.29 is 24.1 Å². The third kappa shape index (κ3) is 6.10. The number of carboxylic acid groups (broad SMARTS) is 1. The molecule has 3 aromatic carbocycles. The van der Waals surface area contributed by atoms with Gasteiger partial charge in [-0.15, -0.1) is 0 Å². The third-order valence-electron chi connectivity index (χ3n) is 4.44. The molecule has 0 amide bonds. The molecule has 0 aliphatic rings. The minimum Gasteiger partial charge on any atom is -0.503 e. The lowest BCUT2D eigenvalue weighted by Crippen LogP contribution is -2.06. The van der Waals surface area contributed by atoms with Gasteiger partial charge in [-0.2, -0.15) is 0 Å². The van der Waals surface area contributed by atoms with Crippen molar-refractivity contribution in [2.45, 2.75) is 13.2 Å². The maximum atomic E-state index is 11.6. The average Bonchev–Trinajstić information content (AvgIpc) is 2.77. The zero-order chi connectivity index (χ0) is 23.1. The summed E-state index contributed by atoms with van der Waals surface area (Å²) in [5.41, 5.74) is 2.08. The number of aliphatic carboxylic acids is 1. The second kappa shape index (κ2) is 11.1. The van der Waals surface area contributed by atoms with Crippen molar-refractivity contribution in [1.82, 2.24) is 0 Å². The van der Waals surface area contributed by atoms with Crippen molar-refractivity contribution in [3.05, 3.63) is 98.7 Å². The van der Waals surface area contributed by atoms with Crippen LogP contribution in [-0.4, -0.2) is 18.2 Å². The Labute approximate surface area is 200 Å². The van der Waals surface area contributed by atoms with E-state index in [1.807, 2.05) is 12.1 Å². The molecule has 32 heavy (non-hydrogen) atoms. The number of benzene rings is 3. The van der Waals surface area contributed by atoms with Crippen LogP contribution in [0.5, 0.6) is 11.5 Å². The Morgan fingerprint density at radius 3 is 2.22 bits per heavy atom. The van der Waals surface area contributed by atoms with Crippen LogP contribution in [-0.2, 0) is 22.7 Å². The van der Waals surface area contributed by atoms with Crippen LogP contribution in [0.1, 0.15) is 16.7 Å². The molecule has 0 aromatic heterocycles. The molecule has 3 aromatic rings. The number of methoxy groups -OCH3 is 1. The van der Waals surface area contributed by atoms with Crippen molar-refractivity contribution in [3.63, 3.8) is 0 Å². The van der Waals surface area contributed by atoms with Gasteiger partial charge >= 0.3 is 5.97 Å². The van der Waals surface area contributed by atoms with E-state index in [9.17, 15) is 9.90 Å². The Morgan fingerprint density at radius 2 is 1.59 bits per heavy atom. The van der Waals surface area contributed by atoms with Gasteiger partial charge < -0.3 is 19.3 Å². The zero-order valence-corrected chi connectivity index (χ0v) is 19.2. The smallest absolute Gasteiger partial charge is 0.339 e. The van der Waals surface area contributed by atoms with Gasteiger partial charge in [-0.1, -0.05) is 71.2 Å². The number of hydrogen-bond acceptors (Lipinski definition) is 4. The number of hydrogen-bond donors (Lipinski definition) is 1. The van der Waals surface area contributed by atoms with Gasteiger partial charge in [0.2, 0.25) is 0 Å². The lowest BCUT2D eigenvalue weighted by Gasteiger charge is -2.14. The number of rotatable bonds is 9. The fourth-order valence-corrected chi connectivity index (χ4v) is 3.61. The van der Waals surface area contributed by atoms with Gasteiger partial charge in [0.25, 0.3) is 0 Å². The van der Waals surface area contributed by atoms with Crippen molar-refractivity contribution >= 4 is 46.3 Å². The van der Waals surface area contributed by atoms with Gasteiger partial charge in [0.1, 0.15) is 24.5 Å². The number of carboxylic acids is 1. The molecule has 0 saturated heterocycles. The van der Waals surface area contributed by atoms with E-state index in [4.69, 9.17) is 49.0 Å². The molecule has 0 bridgehead atoms. The molecule has 166 valence electrons. The molecule has 0 heterocycles. The quantitative estimate of drug-likeness (QED) is 0.260. The Hall–Kier alpha value is -2.86. The molecule has 0 spiro atoms. The second-order valence-corrected chi connectivity index (χ2v) is 7.90. The first-order chi connectivity index (χ1) is 15.4. The van der Waals surface area contributed by atoms with Crippen LogP contribution in [0.3, 0.4) is 0 Å².